The zero-order valence-electron chi connectivity index (χ0n) is 13.3. The monoisotopic (exact) mass is 293 g/mol. The molecular weight excluding hydrogens is 270 g/mol. The van der Waals surface area contributed by atoms with Crippen molar-refractivity contribution in [3.8, 4) is 11.6 Å². The van der Waals surface area contributed by atoms with Crippen molar-refractivity contribution in [1.29, 1.82) is 0 Å². The van der Waals surface area contributed by atoms with Crippen LogP contribution in [0.1, 0.15) is 39.2 Å². The second-order valence-corrected chi connectivity index (χ2v) is 5.69. The smallest absolute Gasteiger partial charge is 0.276 e. The van der Waals surface area contributed by atoms with Gasteiger partial charge in [-0.3, -0.25) is 4.68 Å². The average molecular weight is 293 g/mol. The number of ether oxygens (including phenoxy) is 1. The predicted molar refractivity (Wildman–Crippen MR) is 78.6 cm³/mol. The lowest BCUT2D eigenvalue weighted by Gasteiger charge is -2.21. The fourth-order valence-electron chi connectivity index (χ4n) is 1.92. The summed E-state index contributed by atoms with van der Waals surface area (Å²) in [5.41, 5.74) is 7.14. The van der Waals surface area contributed by atoms with E-state index in [1.165, 1.54) is 0 Å². The highest BCUT2D eigenvalue weighted by Crippen LogP contribution is 2.22. The highest BCUT2D eigenvalue weighted by molar-refractivity contribution is 5.48. The molecule has 2 heterocycles. The van der Waals surface area contributed by atoms with Crippen molar-refractivity contribution in [3.63, 3.8) is 0 Å². The lowest BCUT2D eigenvalue weighted by molar-refractivity contribution is 0.0410. The molecule has 7 nitrogen and oxygen atoms in total. The molecule has 1 atom stereocenters. The van der Waals surface area contributed by atoms with Crippen LogP contribution in [-0.4, -0.2) is 32.6 Å². The first-order chi connectivity index (χ1) is 9.83. The molecule has 0 saturated heterocycles. The van der Waals surface area contributed by atoms with Gasteiger partial charge in [-0.05, 0) is 40.7 Å². The van der Waals surface area contributed by atoms with E-state index in [9.17, 15) is 0 Å². The Bertz CT molecular complexity index is 600. The van der Waals surface area contributed by atoms with Gasteiger partial charge in [0, 0.05) is 6.54 Å². The molecule has 2 N–H and O–H groups in total. The Morgan fingerprint density at radius 1 is 1.48 bits per heavy atom. The highest BCUT2D eigenvalue weighted by Gasteiger charge is 2.29. The first-order valence-corrected chi connectivity index (χ1v) is 7.13. The molecule has 0 bridgehead atoms. The number of rotatable bonds is 6. The summed E-state index contributed by atoms with van der Waals surface area (Å²) in [6.45, 7) is 10.7. The normalized spacial score (nSPS) is 14.6. The molecule has 116 valence electrons. The van der Waals surface area contributed by atoms with Crippen LogP contribution >= 0.6 is 0 Å². The molecule has 2 aromatic heterocycles. The van der Waals surface area contributed by atoms with Crippen molar-refractivity contribution in [3.05, 3.63) is 17.6 Å². The molecule has 0 saturated carbocycles. The highest BCUT2D eigenvalue weighted by atomic mass is 16.5. The van der Waals surface area contributed by atoms with Gasteiger partial charge < -0.3 is 15.0 Å². The summed E-state index contributed by atoms with van der Waals surface area (Å²) in [5.74, 6) is 0.855. The van der Waals surface area contributed by atoms with E-state index in [0.29, 0.717) is 18.3 Å². The molecule has 0 fully saturated rings. The van der Waals surface area contributed by atoms with Gasteiger partial charge in [-0.2, -0.15) is 10.1 Å². The minimum atomic E-state index is -0.794. The molecule has 21 heavy (non-hydrogen) atoms. The second-order valence-electron chi connectivity index (χ2n) is 5.69. The van der Waals surface area contributed by atoms with E-state index in [0.717, 1.165) is 17.9 Å². The number of nitrogens with zero attached hydrogens (tertiary/aromatic N) is 4. The Kier molecular flexibility index (Phi) is 4.43. The number of hydrogen-bond donors (Lipinski definition) is 1. The maximum Gasteiger partial charge on any atom is 0.276 e. The van der Waals surface area contributed by atoms with E-state index in [2.05, 4.69) is 15.2 Å². The third-order valence-corrected chi connectivity index (χ3v) is 3.07. The van der Waals surface area contributed by atoms with Crippen LogP contribution in [-0.2, 0) is 16.8 Å². The standard InChI is InChI=1S/C14H23N5O2/c1-6-19-11(7-10(4)17-19)12-16-13(18-21-12)14(5,15)8-20-9(2)3/h7,9H,6,8,15H2,1-5H3. The molecule has 0 aliphatic heterocycles. The molecular formula is C14H23N5O2. The molecule has 0 aliphatic carbocycles. The Hall–Kier alpha value is -1.73. The van der Waals surface area contributed by atoms with Crippen molar-refractivity contribution < 1.29 is 9.26 Å². The predicted octanol–water partition coefficient (Wildman–Crippen LogP) is 1.86. The van der Waals surface area contributed by atoms with Gasteiger partial charge in [0.05, 0.1) is 18.4 Å². The Morgan fingerprint density at radius 3 is 2.81 bits per heavy atom. The van der Waals surface area contributed by atoms with Gasteiger partial charge in [-0.1, -0.05) is 5.16 Å². The van der Waals surface area contributed by atoms with Crippen LogP contribution in [0.2, 0.25) is 0 Å². The first-order valence-electron chi connectivity index (χ1n) is 7.13. The SMILES string of the molecule is CCn1nc(C)cc1-c1nc(C(C)(N)COC(C)C)no1. The van der Waals surface area contributed by atoms with E-state index >= 15 is 0 Å². The third kappa shape index (κ3) is 3.48. The zero-order valence-corrected chi connectivity index (χ0v) is 13.3. The molecule has 0 aliphatic rings. The quantitative estimate of drug-likeness (QED) is 0.874. The molecule has 0 radical (unpaired) electrons. The number of hydrogen-bond acceptors (Lipinski definition) is 6. The van der Waals surface area contributed by atoms with Crippen LogP contribution in [0, 0.1) is 6.92 Å². The Labute approximate surface area is 124 Å². The minimum absolute atomic E-state index is 0.100. The summed E-state index contributed by atoms with van der Waals surface area (Å²) in [4.78, 5) is 4.41. The van der Waals surface area contributed by atoms with Crippen molar-refractivity contribution >= 4 is 0 Å². The van der Waals surface area contributed by atoms with Crippen molar-refractivity contribution in [2.45, 2.75) is 52.8 Å². The molecule has 0 amide bonds. The van der Waals surface area contributed by atoms with Gasteiger partial charge in [0.2, 0.25) is 0 Å². The lowest BCUT2D eigenvalue weighted by Crippen LogP contribution is -2.40. The van der Waals surface area contributed by atoms with Crippen LogP contribution < -0.4 is 5.73 Å². The van der Waals surface area contributed by atoms with Gasteiger partial charge in [0.15, 0.2) is 5.82 Å². The molecule has 0 aromatic carbocycles. The lowest BCUT2D eigenvalue weighted by atomic mass is 10.1. The zero-order chi connectivity index (χ0) is 15.6. The van der Waals surface area contributed by atoms with Crippen LogP contribution in [0.4, 0.5) is 0 Å². The van der Waals surface area contributed by atoms with Crippen LogP contribution in [0.5, 0.6) is 0 Å². The fraction of sp³-hybridized carbons (Fsp3) is 0.643. The van der Waals surface area contributed by atoms with E-state index in [1.807, 2.05) is 45.4 Å². The molecule has 2 rings (SSSR count). The van der Waals surface area contributed by atoms with E-state index in [-0.39, 0.29) is 6.10 Å². The van der Waals surface area contributed by atoms with E-state index < -0.39 is 5.54 Å². The summed E-state index contributed by atoms with van der Waals surface area (Å²) in [5, 5.41) is 8.36. The van der Waals surface area contributed by atoms with Gasteiger partial charge >= 0.3 is 0 Å². The number of nitrogens with two attached hydrogens (primary N) is 1. The maximum absolute atomic E-state index is 6.22. The summed E-state index contributed by atoms with van der Waals surface area (Å²) in [7, 11) is 0. The third-order valence-electron chi connectivity index (χ3n) is 3.07. The van der Waals surface area contributed by atoms with Gasteiger partial charge in [-0.25, -0.2) is 0 Å². The van der Waals surface area contributed by atoms with Crippen molar-refractivity contribution in [1.82, 2.24) is 19.9 Å². The van der Waals surface area contributed by atoms with Crippen LogP contribution in [0.25, 0.3) is 11.6 Å². The summed E-state index contributed by atoms with van der Waals surface area (Å²) < 4.78 is 12.7. The topological polar surface area (TPSA) is 92.0 Å². The summed E-state index contributed by atoms with van der Waals surface area (Å²) in [6, 6.07) is 1.92. The molecule has 0 spiro atoms. The van der Waals surface area contributed by atoms with Gasteiger partial charge in [0.25, 0.3) is 5.89 Å². The van der Waals surface area contributed by atoms with Crippen molar-refractivity contribution in [2.75, 3.05) is 6.61 Å². The minimum Gasteiger partial charge on any atom is -0.376 e. The number of aromatic nitrogens is 4. The molecule has 2 aromatic rings. The first kappa shape index (κ1) is 15.7. The van der Waals surface area contributed by atoms with Crippen LogP contribution in [0.15, 0.2) is 10.6 Å². The summed E-state index contributed by atoms with van der Waals surface area (Å²) in [6.07, 6.45) is 0.100. The van der Waals surface area contributed by atoms with Gasteiger partial charge in [0.1, 0.15) is 11.2 Å². The fourth-order valence-corrected chi connectivity index (χ4v) is 1.92. The molecule has 1 unspecified atom stereocenters. The number of aryl methyl sites for hydroxylation is 2. The summed E-state index contributed by atoms with van der Waals surface area (Å²) >= 11 is 0. The van der Waals surface area contributed by atoms with Crippen molar-refractivity contribution in [2.24, 2.45) is 5.73 Å². The maximum atomic E-state index is 6.22. The van der Waals surface area contributed by atoms with Crippen LogP contribution in [0.3, 0.4) is 0 Å². The Morgan fingerprint density at radius 2 is 2.19 bits per heavy atom. The molecule has 7 heteroatoms. The second kappa shape index (κ2) is 5.95. The van der Waals surface area contributed by atoms with E-state index in [1.54, 1.807) is 0 Å². The average Bonchev–Trinajstić information content (AvgIpc) is 3.02. The Balaban J connectivity index is 2.24. The largest absolute Gasteiger partial charge is 0.376 e. The van der Waals surface area contributed by atoms with E-state index in [4.69, 9.17) is 15.0 Å². The van der Waals surface area contributed by atoms with Gasteiger partial charge in [-0.15, -0.1) is 0 Å².